The molecule has 0 atom stereocenters. The van der Waals surface area contributed by atoms with E-state index in [1.807, 2.05) is 6.07 Å². The van der Waals surface area contributed by atoms with E-state index in [-0.39, 0.29) is 29.3 Å². The highest BCUT2D eigenvalue weighted by Crippen LogP contribution is 2.29. The number of rotatable bonds is 7. The number of anilines is 2. The standard InChI is InChI=1S/C29H22F2N4O3/c1-38-22-8-9-23-25(12-13-32-27(23)15-22)34-26-10-7-21(14-24(26)31)35-17-19(4-11-28(35)36)29(37)33-16-18-2-5-20(30)6-3-18/h2-15,17H,16H2,1H3,(H,32,34)(H,33,37). The molecule has 5 aromatic rings. The highest BCUT2D eigenvalue weighted by molar-refractivity contribution is 5.94. The molecule has 190 valence electrons. The van der Waals surface area contributed by atoms with Crippen LogP contribution in [0, 0.1) is 11.6 Å². The van der Waals surface area contributed by atoms with Crippen LogP contribution in [0.2, 0.25) is 0 Å². The number of carbonyl (C=O) groups is 1. The summed E-state index contributed by atoms with van der Waals surface area (Å²) in [5.41, 5.74) is 2.32. The fourth-order valence-corrected chi connectivity index (χ4v) is 3.97. The van der Waals surface area contributed by atoms with Crippen LogP contribution in [0.1, 0.15) is 15.9 Å². The summed E-state index contributed by atoms with van der Waals surface area (Å²) in [5.74, 6) is -0.716. The van der Waals surface area contributed by atoms with Crippen molar-refractivity contribution in [3.8, 4) is 11.4 Å². The van der Waals surface area contributed by atoms with E-state index in [0.717, 1.165) is 10.9 Å². The van der Waals surface area contributed by atoms with Crippen LogP contribution in [0.3, 0.4) is 0 Å². The zero-order chi connectivity index (χ0) is 26.6. The van der Waals surface area contributed by atoms with Gasteiger partial charge in [0.15, 0.2) is 0 Å². The fourth-order valence-electron chi connectivity index (χ4n) is 3.97. The molecule has 0 aliphatic heterocycles. The Labute approximate surface area is 216 Å². The van der Waals surface area contributed by atoms with Crippen molar-refractivity contribution in [3.05, 3.63) is 124 Å². The quantitative estimate of drug-likeness (QED) is 0.307. The number of benzene rings is 3. The van der Waals surface area contributed by atoms with Gasteiger partial charge in [-0.05, 0) is 54.1 Å². The molecule has 2 aromatic heterocycles. The van der Waals surface area contributed by atoms with Gasteiger partial charge in [-0.25, -0.2) is 8.78 Å². The molecule has 0 fully saturated rings. The van der Waals surface area contributed by atoms with Gasteiger partial charge in [-0.1, -0.05) is 12.1 Å². The van der Waals surface area contributed by atoms with E-state index in [9.17, 15) is 14.0 Å². The minimum atomic E-state index is -0.584. The van der Waals surface area contributed by atoms with Gasteiger partial charge in [0.05, 0.1) is 29.6 Å². The van der Waals surface area contributed by atoms with E-state index in [0.29, 0.717) is 17.0 Å². The third kappa shape index (κ3) is 5.22. The van der Waals surface area contributed by atoms with Crippen molar-refractivity contribution in [2.24, 2.45) is 0 Å². The number of aromatic nitrogens is 2. The lowest BCUT2D eigenvalue weighted by Crippen LogP contribution is -2.26. The van der Waals surface area contributed by atoms with Crippen LogP contribution < -0.4 is 20.9 Å². The molecule has 0 aliphatic carbocycles. The van der Waals surface area contributed by atoms with E-state index in [1.54, 1.807) is 49.7 Å². The number of hydrogen-bond acceptors (Lipinski definition) is 5. The number of hydrogen-bond donors (Lipinski definition) is 2. The molecule has 38 heavy (non-hydrogen) atoms. The number of nitrogens with one attached hydrogen (secondary N) is 2. The highest BCUT2D eigenvalue weighted by Gasteiger charge is 2.12. The molecular formula is C29H22F2N4O3. The summed E-state index contributed by atoms with van der Waals surface area (Å²) >= 11 is 0. The van der Waals surface area contributed by atoms with Gasteiger partial charge in [0.25, 0.3) is 11.5 Å². The summed E-state index contributed by atoms with van der Waals surface area (Å²) in [5, 5.41) is 6.59. The molecule has 0 aliphatic rings. The van der Waals surface area contributed by atoms with Crippen molar-refractivity contribution < 1.29 is 18.3 Å². The first-order valence-electron chi connectivity index (χ1n) is 11.7. The Hall–Kier alpha value is -5.05. The summed E-state index contributed by atoms with van der Waals surface area (Å²) in [6.45, 7) is 0.184. The summed E-state index contributed by atoms with van der Waals surface area (Å²) in [6.07, 6.45) is 2.97. The molecule has 0 saturated carbocycles. The SMILES string of the molecule is COc1ccc2c(Nc3ccc(-n4cc(C(=O)NCc5ccc(F)cc5)ccc4=O)cc3F)ccnc2c1. The zero-order valence-corrected chi connectivity index (χ0v) is 20.2. The average molecular weight is 513 g/mol. The molecule has 0 saturated heterocycles. The van der Waals surface area contributed by atoms with Crippen LogP contribution in [-0.2, 0) is 6.54 Å². The Morgan fingerprint density at radius 3 is 2.53 bits per heavy atom. The Morgan fingerprint density at radius 1 is 0.947 bits per heavy atom. The summed E-state index contributed by atoms with van der Waals surface area (Å²) in [4.78, 5) is 29.5. The van der Waals surface area contributed by atoms with Gasteiger partial charge in [-0.2, -0.15) is 0 Å². The van der Waals surface area contributed by atoms with Crippen molar-refractivity contribution in [2.45, 2.75) is 6.54 Å². The van der Waals surface area contributed by atoms with Crippen molar-refractivity contribution in [3.63, 3.8) is 0 Å². The lowest BCUT2D eigenvalue weighted by molar-refractivity contribution is 0.0950. The second-order valence-electron chi connectivity index (χ2n) is 8.47. The first-order valence-corrected chi connectivity index (χ1v) is 11.7. The van der Waals surface area contributed by atoms with Gasteiger partial charge in [0.1, 0.15) is 17.4 Å². The number of methoxy groups -OCH3 is 1. The predicted octanol–water partition coefficient (Wildman–Crippen LogP) is 5.35. The highest BCUT2D eigenvalue weighted by atomic mass is 19.1. The maximum atomic E-state index is 15.1. The van der Waals surface area contributed by atoms with E-state index >= 15 is 4.39 Å². The Bertz CT molecular complexity index is 1700. The van der Waals surface area contributed by atoms with Crippen LogP contribution >= 0.6 is 0 Å². The maximum Gasteiger partial charge on any atom is 0.255 e. The minimum absolute atomic E-state index is 0.184. The van der Waals surface area contributed by atoms with Gasteiger partial charge < -0.3 is 15.4 Å². The first-order chi connectivity index (χ1) is 18.4. The molecule has 2 N–H and O–H groups in total. The normalized spacial score (nSPS) is 10.8. The van der Waals surface area contributed by atoms with Crippen LogP contribution in [0.15, 0.2) is 96.1 Å². The average Bonchev–Trinajstić information content (AvgIpc) is 2.93. The molecule has 0 bridgehead atoms. The van der Waals surface area contributed by atoms with Crippen molar-refractivity contribution in [2.75, 3.05) is 12.4 Å². The molecule has 9 heteroatoms. The second kappa shape index (κ2) is 10.5. The fraction of sp³-hybridized carbons (Fsp3) is 0.0690. The number of nitrogens with zero attached hydrogens (tertiary/aromatic N) is 2. The Morgan fingerprint density at radius 2 is 1.76 bits per heavy atom. The third-order valence-electron chi connectivity index (χ3n) is 5.99. The monoisotopic (exact) mass is 512 g/mol. The van der Waals surface area contributed by atoms with Crippen LogP contribution in [0.5, 0.6) is 5.75 Å². The molecule has 7 nitrogen and oxygen atoms in total. The molecule has 3 aromatic carbocycles. The zero-order valence-electron chi connectivity index (χ0n) is 20.2. The van der Waals surface area contributed by atoms with Crippen LogP contribution in [0.4, 0.5) is 20.2 Å². The lowest BCUT2D eigenvalue weighted by atomic mass is 10.1. The molecular weight excluding hydrogens is 490 g/mol. The summed E-state index contributed by atoms with van der Waals surface area (Å²) in [7, 11) is 1.57. The first kappa shape index (κ1) is 24.6. The summed E-state index contributed by atoms with van der Waals surface area (Å²) in [6, 6.07) is 19.9. The molecule has 0 radical (unpaired) electrons. The molecule has 2 heterocycles. The topological polar surface area (TPSA) is 85.2 Å². The Kier molecular flexibility index (Phi) is 6.82. The molecule has 1 amide bonds. The van der Waals surface area contributed by atoms with Crippen LogP contribution in [0.25, 0.3) is 16.6 Å². The predicted molar refractivity (Wildman–Crippen MR) is 141 cm³/mol. The smallest absolute Gasteiger partial charge is 0.255 e. The van der Waals surface area contributed by atoms with Crippen LogP contribution in [-0.4, -0.2) is 22.6 Å². The van der Waals surface area contributed by atoms with E-state index in [1.165, 1.54) is 47.2 Å². The van der Waals surface area contributed by atoms with Crippen molar-refractivity contribution in [1.29, 1.82) is 0 Å². The van der Waals surface area contributed by atoms with Gasteiger partial charge in [0.2, 0.25) is 0 Å². The lowest BCUT2D eigenvalue weighted by Gasteiger charge is -2.13. The third-order valence-corrected chi connectivity index (χ3v) is 5.99. The second-order valence-corrected chi connectivity index (χ2v) is 8.47. The number of pyridine rings is 2. The molecule has 0 unspecified atom stereocenters. The number of ether oxygens (including phenoxy) is 1. The van der Waals surface area contributed by atoms with E-state index < -0.39 is 17.3 Å². The summed E-state index contributed by atoms with van der Waals surface area (Å²) < 4.78 is 34.7. The Balaban J connectivity index is 1.37. The number of amides is 1. The number of carbonyl (C=O) groups excluding carboxylic acids is 1. The minimum Gasteiger partial charge on any atom is -0.497 e. The molecule has 0 spiro atoms. The van der Waals surface area contributed by atoms with Gasteiger partial charge in [-0.15, -0.1) is 0 Å². The van der Waals surface area contributed by atoms with Gasteiger partial charge in [0, 0.05) is 48.2 Å². The number of halogens is 2. The molecule has 5 rings (SSSR count). The van der Waals surface area contributed by atoms with Gasteiger partial charge >= 0.3 is 0 Å². The van der Waals surface area contributed by atoms with Gasteiger partial charge in [-0.3, -0.25) is 19.1 Å². The van der Waals surface area contributed by atoms with E-state index in [4.69, 9.17) is 4.74 Å². The largest absolute Gasteiger partial charge is 0.497 e. The van der Waals surface area contributed by atoms with Crippen molar-refractivity contribution >= 4 is 28.2 Å². The van der Waals surface area contributed by atoms with Crippen molar-refractivity contribution in [1.82, 2.24) is 14.9 Å². The maximum absolute atomic E-state index is 15.1. The van der Waals surface area contributed by atoms with E-state index in [2.05, 4.69) is 15.6 Å². The number of fused-ring (bicyclic) bond motifs is 1.